The molecular weight excluding hydrogens is 164 g/mol. The molecule has 0 saturated heterocycles. The van der Waals surface area contributed by atoms with Crippen LogP contribution >= 0.6 is 11.6 Å². The van der Waals surface area contributed by atoms with E-state index in [0.717, 1.165) is 25.0 Å². The molecule has 0 saturated carbocycles. The number of alkyl halides is 1. The van der Waals surface area contributed by atoms with Crippen molar-refractivity contribution in [2.75, 3.05) is 12.5 Å². The Kier molecular flexibility index (Phi) is 5.40. The van der Waals surface area contributed by atoms with Crippen molar-refractivity contribution in [1.82, 2.24) is 0 Å². The molecule has 0 fully saturated rings. The van der Waals surface area contributed by atoms with Gasteiger partial charge in [-0.05, 0) is 25.6 Å². The van der Waals surface area contributed by atoms with Gasteiger partial charge in [0.15, 0.2) is 8.32 Å². The molecule has 0 radical (unpaired) electrons. The Morgan fingerprint density at radius 3 is 2.40 bits per heavy atom. The number of hydrogen-bond acceptors (Lipinski definition) is 1. The van der Waals surface area contributed by atoms with Crippen LogP contribution in [-0.4, -0.2) is 20.8 Å². The number of hydrogen-bond donors (Lipinski definition) is 0. The zero-order valence-corrected chi connectivity index (χ0v) is 8.87. The highest BCUT2D eigenvalue weighted by Crippen LogP contribution is 2.11. The Morgan fingerprint density at radius 1 is 1.40 bits per heavy atom. The van der Waals surface area contributed by atoms with Crippen molar-refractivity contribution in [2.24, 2.45) is 0 Å². The summed E-state index contributed by atoms with van der Waals surface area (Å²) in [6.45, 7) is 7.46. The summed E-state index contributed by atoms with van der Waals surface area (Å²) in [5, 5.41) is 0. The first kappa shape index (κ1) is 10.5. The molecule has 0 aromatic heterocycles. The first-order valence-electron chi connectivity index (χ1n) is 3.82. The van der Waals surface area contributed by atoms with E-state index in [1.165, 1.54) is 0 Å². The molecule has 3 heteroatoms. The quantitative estimate of drug-likeness (QED) is 0.467. The van der Waals surface area contributed by atoms with Crippen LogP contribution in [0.15, 0.2) is 0 Å². The molecule has 0 amide bonds. The third kappa shape index (κ3) is 5.27. The molecule has 0 N–H and O–H groups in total. The smallest absolute Gasteiger partial charge is 0.187 e. The maximum absolute atomic E-state index is 5.67. The van der Waals surface area contributed by atoms with Crippen molar-refractivity contribution < 1.29 is 4.43 Å². The lowest BCUT2D eigenvalue weighted by Crippen LogP contribution is -2.30. The molecule has 0 aromatic carbocycles. The summed E-state index contributed by atoms with van der Waals surface area (Å²) < 4.78 is 5.67. The number of halogens is 1. The molecule has 0 unspecified atom stereocenters. The largest absolute Gasteiger partial charge is 0.417 e. The van der Waals surface area contributed by atoms with Gasteiger partial charge in [0.2, 0.25) is 0 Å². The van der Waals surface area contributed by atoms with Gasteiger partial charge in [-0.1, -0.05) is 6.92 Å². The van der Waals surface area contributed by atoms with E-state index in [4.69, 9.17) is 16.0 Å². The third-order valence-corrected chi connectivity index (χ3v) is 4.34. The van der Waals surface area contributed by atoms with Gasteiger partial charge in [0.25, 0.3) is 0 Å². The summed E-state index contributed by atoms with van der Waals surface area (Å²) >= 11 is 5.62. The minimum atomic E-state index is -1.36. The van der Waals surface area contributed by atoms with Crippen LogP contribution in [0.3, 0.4) is 0 Å². The van der Waals surface area contributed by atoms with E-state index >= 15 is 0 Å². The lowest BCUT2D eigenvalue weighted by Gasteiger charge is -2.20. The second-order valence-corrected chi connectivity index (χ2v) is 7.73. The van der Waals surface area contributed by atoms with Gasteiger partial charge in [0.1, 0.15) is 0 Å². The molecule has 0 heterocycles. The summed E-state index contributed by atoms with van der Waals surface area (Å²) in [6.07, 6.45) is 1.11. The minimum absolute atomic E-state index is 0.739. The third-order valence-electron chi connectivity index (χ3n) is 1.39. The Bertz CT molecular complexity index is 85.7. The predicted octanol–water partition coefficient (Wildman–Crippen LogP) is 2.86. The fourth-order valence-corrected chi connectivity index (χ4v) is 3.40. The lowest BCUT2D eigenvalue weighted by atomic mass is 10.5. The zero-order valence-electron chi connectivity index (χ0n) is 7.11. The summed E-state index contributed by atoms with van der Waals surface area (Å²) in [4.78, 5) is 0. The average Bonchev–Trinajstić information content (AvgIpc) is 1.84. The van der Waals surface area contributed by atoms with Crippen LogP contribution in [0.1, 0.15) is 13.3 Å². The lowest BCUT2D eigenvalue weighted by molar-refractivity contribution is 0.307. The number of rotatable bonds is 5. The van der Waals surface area contributed by atoms with Gasteiger partial charge >= 0.3 is 0 Å². The van der Waals surface area contributed by atoms with E-state index in [-0.39, 0.29) is 0 Å². The van der Waals surface area contributed by atoms with Crippen LogP contribution in [0.4, 0.5) is 0 Å². The topological polar surface area (TPSA) is 9.23 Å². The molecule has 0 spiro atoms. The summed E-state index contributed by atoms with van der Waals surface area (Å²) in [5.74, 6) is 0.739. The van der Waals surface area contributed by atoms with E-state index in [2.05, 4.69) is 20.0 Å². The molecule has 0 rings (SSSR count). The van der Waals surface area contributed by atoms with Crippen LogP contribution < -0.4 is 0 Å². The minimum Gasteiger partial charge on any atom is -0.417 e. The summed E-state index contributed by atoms with van der Waals surface area (Å²) in [7, 11) is -1.36. The molecule has 1 nitrogen and oxygen atoms in total. The van der Waals surface area contributed by atoms with Gasteiger partial charge in [-0.3, -0.25) is 0 Å². The van der Waals surface area contributed by atoms with Crippen LogP contribution in [-0.2, 0) is 4.43 Å². The molecular formula is C7H17ClOSi. The van der Waals surface area contributed by atoms with Gasteiger partial charge in [-0.2, -0.15) is 0 Å². The van der Waals surface area contributed by atoms with Gasteiger partial charge in [0, 0.05) is 12.5 Å². The standard InChI is InChI=1S/C7H17ClOSi/c1-4-6-9-10(2,3)7-5-8/h4-7H2,1-3H3. The van der Waals surface area contributed by atoms with Crippen molar-refractivity contribution in [3.8, 4) is 0 Å². The first-order chi connectivity index (χ1) is 4.62. The molecule has 62 valence electrons. The van der Waals surface area contributed by atoms with Crippen LogP contribution in [0.5, 0.6) is 0 Å². The monoisotopic (exact) mass is 180 g/mol. The molecule has 0 bridgehead atoms. The Morgan fingerprint density at radius 2 is 2.00 bits per heavy atom. The Labute approximate surface area is 69.9 Å². The fourth-order valence-electron chi connectivity index (χ4n) is 0.678. The van der Waals surface area contributed by atoms with Gasteiger partial charge < -0.3 is 4.43 Å². The van der Waals surface area contributed by atoms with Gasteiger partial charge in [0.05, 0.1) is 0 Å². The normalized spacial score (nSPS) is 12.0. The zero-order chi connectivity index (χ0) is 8.04. The van der Waals surface area contributed by atoms with E-state index < -0.39 is 8.32 Å². The maximum atomic E-state index is 5.67. The predicted molar refractivity (Wildman–Crippen MR) is 49.3 cm³/mol. The van der Waals surface area contributed by atoms with Gasteiger partial charge in [-0.25, -0.2) is 0 Å². The van der Waals surface area contributed by atoms with E-state index in [9.17, 15) is 0 Å². The molecule has 0 aliphatic carbocycles. The second-order valence-electron chi connectivity index (χ2n) is 3.05. The van der Waals surface area contributed by atoms with Gasteiger partial charge in [-0.15, -0.1) is 11.6 Å². The van der Waals surface area contributed by atoms with Crippen molar-refractivity contribution in [2.45, 2.75) is 32.5 Å². The second kappa shape index (κ2) is 5.16. The molecule has 0 atom stereocenters. The molecule has 0 aliphatic rings. The van der Waals surface area contributed by atoms with Crippen LogP contribution in [0.2, 0.25) is 19.1 Å². The Balaban J connectivity index is 3.42. The summed E-state index contributed by atoms with van der Waals surface area (Å²) in [6, 6.07) is 1.06. The molecule has 10 heavy (non-hydrogen) atoms. The van der Waals surface area contributed by atoms with Crippen LogP contribution in [0, 0.1) is 0 Å². The highest BCUT2D eigenvalue weighted by Gasteiger charge is 2.20. The van der Waals surface area contributed by atoms with Crippen molar-refractivity contribution in [3.05, 3.63) is 0 Å². The summed E-state index contributed by atoms with van der Waals surface area (Å²) in [5.41, 5.74) is 0. The van der Waals surface area contributed by atoms with Crippen LogP contribution in [0.25, 0.3) is 0 Å². The van der Waals surface area contributed by atoms with E-state index in [1.807, 2.05) is 0 Å². The van der Waals surface area contributed by atoms with Crippen molar-refractivity contribution in [1.29, 1.82) is 0 Å². The SMILES string of the molecule is CCCO[Si](C)(C)CCCl. The molecule has 0 aliphatic heterocycles. The maximum Gasteiger partial charge on any atom is 0.187 e. The van der Waals surface area contributed by atoms with Crippen molar-refractivity contribution in [3.63, 3.8) is 0 Å². The molecule has 0 aromatic rings. The average molecular weight is 181 g/mol. The van der Waals surface area contributed by atoms with E-state index in [0.29, 0.717) is 0 Å². The van der Waals surface area contributed by atoms with E-state index in [1.54, 1.807) is 0 Å². The Hall–Kier alpha value is 0.467. The highest BCUT2D eigenvalue weighted by atomic mass is 35.5. The highest BCUT2D eigenvalue weighted by molar-refractivity contribution is 6.71. The fraction of sp³-hybridized carbons (Fsp3) is 1.00. The van der Waals surface area contributed by atoms with Crippen molar-refractivity contribution >= 4 is 19.9 Å². The first-order valence-corrected chi connectivity index (χ1v) is 7.47.